The molecule has 2 aromatic rings. The first kappa shape index (κ1) is 10.6. The van der Waals surface area contributed by atoms with Crippen molar-refractivity contribution in [3.63, 3.8) is 0 Å². The van der Waals surface area contributed by atoms with Crippen molar-refractivity contribution in [3.8, 4) is 11.4 Å². The van der Waals surface area contributed by atoms with Gasteiger partial charge in [0.25, 0.3) is 0 Å². The zero-order chi connectivity index (χ0) is 10.8. The Labute approximate surface area is 103 Å². The van der Waals surface area contributed by atoms with Gasteiger partial charge in [0.05, 0.1) is 0 Å². The van der Waals surface area contributed by atoms with Crippen LogP contribution in [0.15, 0.2) is 27.1 Å². The molecule has 0 bridgehead atoms. The highest BCUT2D eigenvalue weighted by atomic mass is 79.9. The number of rotatable bonds is 1. The highest BCUT2D eigenvalue weighted by Gasteiger charge is 2.05. The molecule has 0 aliphatic carbocycles. The molecule has 0 radical (unpaired) electrons. The van der Waals surface area contributed by atoms with E-state index < -0.39 is 0 Å². The van der Waals surface area contributed by atoms with E-state index in [2.05, 4.69) is 52.3 Å². The molecule has 6 heteroatoms. The number of aromatic nitrogens is 4. The summed E-state index contributed by atoms with van der Waals surface area (Å²) in [6.07, 6.45) is 0. The second-order valence-corrected chi connectivity index (χ2v) is 4.61. The lowest BCUT2D eigenvalue weighted by Gasteiger charge is -2.00. The molecular weight excluding hydrogens is 324 g/mol. The number of hydrogen-bond donors (Lipinski definition) is 0. The van der Waals surface area contributed by atoms with Gasteiger partial charge in [0.2, 0.25) is 5.82 Å². The Morgan fingerprint density at radius 1 is 0.933 bits per heavy atom. The van der Waals surface area contributed by atoms with Gasteiger partial charge >= 0.3 is 0 Å². The predicted molar refractivity (Wildman–Crippen MR) is 63.2 cm³/mol. The molecule has 0 saturated heterocycles. The maximum atomic E-state index is 3.96. The lowest BCUT2D eigenvalue weighted by molar-refractivity contribution is 0.816. The first-order chi connectivity index (χ1) is 7.16. The summed E-state index contributed by atoms with van der Waals surface area (Å²) in [6.45, 7) is 1.75. The van der Waals surface area contributed by atoms with Gasteiger partial charge in [-0.1, -0.05) is 0 Å². The Bertz CT molecular complexity index is 484. The van der Waals surface area contributed by atoms with Crippen molar-refractivity contribution >= 4 is 31.9 Å². The van der Waals surface area contributed by atoms with Crippen LogP contribution in [0, 0.1) is 6.92 Å². The molecule has 0 aliphatic rings. The van der Waals surface area contributed by atoms with Crippen LogP contribution in [-0.2, 0) is 0 Å². The first-order valence-electron chi connectivity index (χ1n) is 4.16. The molecule has 76 valence electrons. The molecule has 4 nitrogen and oxygen atoms in total. The van der Waals surface area contributed by atoms with Crippen LogP contribution in [0.4, 0.5) is 0 Å². The van der Waals surface area contributed by atoms with E-state index in [0.717, 1.165) is 14.5 Å². The minimum atomic E-state index is 0.522. The topological polar surface area (TPSA) is 51.6 Å². The summed E-state index contributed by atoms with van der Waals surface area (Å²) < 4.78 is 1.93. The van der Waals surface area contributed by atoms with Crippen molar-refractivity contribution in [2.24, 2.45) is 0 Å². The van der Waals surface area contributed by atoms with Gasteiger partial charge in [-0.05, 0) is 57.0 Å². The molecule has 1 aromatic carbocycles. The monoisotopic (exact) mass is 328 g/mol. The van der Waals surface area contributed by atoms with Crippen molar-refractivity contribution in [1.82, 2.24) is 20.4 Å². The molecule has 15 heavy (non-hydrogen) atoms. The molecule has 1 heterocycles. The summed E-state index contributed by atoms with van der Waals surface area (Å²) in [5.41, 5.74) is 0.880. The minimum Gasteiger partial charge on any atom is -0.131 e. The van der Waals surface area contributed by atoms with Gasteiger partial charge < -0.3 is 0 Å². The minimum absolute atomic E-state index is 0.522. The quantitative estimate of drug-likeness (QED) is 0.807. The molecule has 0 saturated carbocycles. The van der Waals surface area contributed by atoms with Gasteiger partial charge in [-0.3, -0.25) is 0 Å². The third-order valence-electron chi connectivity index (χ3n) is 1.76. The summed E-state index contributed by atoms with van der Waals surface area (Å²) in [5, 5.41) is 15.6. The van der Waals surface area contributed by atoms with Gasteiger partial charge in [-0.2, -0.15) is 0 Å². The standard InChI is InChI=1S/C9H6Br2N4/c1-5-12-14-9(15-13-5)6-2-3-7(10)8(11)4-6/h2-4H,1H3. The molecule has 0 N–H and O–H groups in total. The van der Waals surface area contributed by atoms with Crippen molar-refractivity contribution in [3.05, 3.63) is 33.0 Å². The Hall–Kier alpha value is -0.880. The van der Waals surface area contributed by atoms with Gasteiger partial charge in [0, 0.05) is 14.5 Å². The van der Waals surface area contributed by atoms with Crippen molar-refractivity contribution in [2.45, 2.75) is 6.92 Å². The fourth-order valence-corrected chi connectivity index (χ4v) is 1.66. The van der Waals surface area contributed by atoms with E-state index in [-0.39, 0.29) is 0 Å². The van der Waals surface area contributed by atoms with Gasteiger partial charge in [-0.25, -0.2) is 0 Å². The molecule has 0 amide bonds. The SMILES string of the molecule is Cc1nnc(-c2ccc(Br)c(Br)c2)nn1. The zero-order valence-electron chi connectivity index (χ0n) is 7.78. The number of halogens is 2. The molecule has 0 unspecified atom stereocenters. The second-order valence-electron chi connectivity index (χ2n) is 2.90. The largest absolute Gasteiger partial charge is 0.203 e. The Morgan fingerprint density at radius 2 is 1.60 bits per heavy atom. The molecule has 0 spiro atoms. The van der Waals surface area contributed by atoms with Crippen molar-refractivity contribution in [2.75, 3.05) is 0 Å². The fourth-order valence-electron chi connectivity index (χ4n) is 1.03. The summed E-state index contributed by atoms with van der Waals surface area (Å²) >= 11 is 6.81. The van der Waals surface area contributed by atoms with E-state index in [9.17, 15) is 0 Å². The molecule has 0 atom stereocenters. The van der Waals surface area contributed by atoms with Crippen LogP contribution in [0.25, 0.3) is 11.4 Å². The number of nitrogens with zero attached hydrogens (tertiary/aromatic N) is 4. The molecule has 0 fully saturated rings. The summed E-state index contributed by atoms with van der Waals surface area (Å²) in [7, 11) is 0. The lowest BCUT2D eigenvalue weighted by Crippen LogP contribution is -1.98. The van der Waals surface area contributed by atoms with Crippen LogP contribution in [0.5, 0.6) is 0 Å². The maximum Gasteiger partial charge on any atom is 0.203 e. The lowest BCUT2D eigenvalue weighted by atomic mass is 10.2. The van der Waals surface area contributed by atoms with Crippen LogP contribution >= 0.6 is 31.9 Å². The van der Waals surface area contributed by atoms with Crippen LogP contribution in [0.2, 0.25) is 0 Å². The zero-order valence-corrected chi connectivity index (χ0v) is 10.9. The van der Waals surface area contributed by atoms with E-state index in [0.29, 0.717) is 11.6 Å². The van der Waals surface area contributed by atoms with E-state index in [1.54, 1.807) is 6.92 Å². The first-order valence-corrected chi connectivity index (χ1v) is 5.75. The van der Waals surface area contributed by atoms with E-state index in [4.69, 9.17) is 0 Å². The van der Waals surface area contributed by atoms with Crippen LogP contribution in [0.1, 0.15) is 5.82 Å². The Morgan fingerprint density at radius 3 is 2.20 bits per heavy atom. The van der Waals surface area contributed by atoms with Crippen molar-refractivity contribution in [1.29, 1.82) is 0 Å². The number of hydrogen-bond acceptors (Lipinski definition) is 4. The Balaban J connectivity index is 2.45. The third kappa shape index (κ3) is 2.38. The van der Waals surface area contributed by atoms with Gasteiger partial charge in [0.1, 0.15) is 0 Å². The van der Waals surface area contributed by atoms with Crippen molar-refractivity contribution < 1.29 is 0 Å². The third-order valence-corrected chi connectivity index (χ3v) is 3.64. The van der Waals surface area contributed by atoms with Gasteiger partial charge in [0.15, 0.2) is 5.82 Å². The van der Waals surface area contributed by atoms with E-state index >= 15 is 0 Å². The smallest absolute Gasteiger partial charge is 0.131 e. The summed E-state index contributed by atoms with van der Waals surface area (Å²) in [4.78, 5) is 0. The molecular formula is C9H6Br2N4. The highest BCUT2D eigenvalue weighted by Crippen LogP contribution is 2.26. The average molecular weight is 330 g/mol. The summed E-state index contributed by atoms with van der Waals surface area (Å²) in [6, 6.07) is 5.74. The predicted octanol–water partition coefficient (Wildman–Crippen LogP) is 2.77. The highest BCUT2D eigenvalue weighted by molar-refractivity contribution is 9.13. The van der Waals surface area contributed by atoms with Gasteiger partial charge in [-0.15, -0.1) is 20.4 Å². The van der Waals surface area contributed by atoms with Crippen LogP contribution < -0.4 is 0 Å². The Kier molecular flexibility index (Phi) is 3.06. The number of aryl methyl sites for hydroxylation is 1. The number of benzene rings is 1. The summed E-state index contributed by atoms with van der Waals surface area (Å²) in [5.74, 6) is 1.09. The normalized spacial score (nSPS) is 10.3. The molecule has 2 rings (SSSR count). The van der Waals surface area contributed by atoms with E-state index in [1.807, 2.05) is 18.2 Å². The second kappa shape index (κ2) is 4.32. The van der Waals surface area contributed by atoms with Crippen LogP contribution in [-0.4, -0.2) is 20.4 Å². The fraction of sp³-hybridized carbons (Fsp3) is 0.111. The maximum absolute atomic E-state index is 3.96. The van der Waals surface area contributed by atoms with E-state index in [1.165, 1.54) is 0 Å². The molecule has 1 aromatic heterocycles. The van der Waals surface area contributed by atoms with Crippen LogP contribution in [0.3, 0.4) is 0 Å². The average Bonchev–Trinajstić information content (AvgIpc) is 2.23. The molecule has 0 aliphatic heterocycles.